The molecule has 5 heteroatoms. The highest BCUT2D eigenvalue weighted by Crippen LogP contribution is 2.14. The number of pyridine rings is 1. The predicted molar refractivity (Wildman–Crippen MR) is 79.2 cm³/mol. The van der Waals surface area contributed by atoms with E-state index in [4.69, 9.17) is 16.3 Å². The van der Waals surface area contributed by atoms with Gasteiger partial charge in [-0.1, -0.05) is 23.7 Å². The minimum absolute atomic E-state index is 0.101. The average molecular weight is 291 g/mol. The number of carbonyl (C=O) groups is 1. The van der Waals surface area contributed by atoms with E-state index < -0.39 is 0 Å². The Kier molecular flexibility index (Phi) is 4.96. The van der Waals surface area contributed by atoms with Gasteiger partial charge in [-0.05, 0) is 36.8 Å². The number of nitrogens with one attached hydrogen (secondary N) is 1. The van der Waals surface area contributed by atoms with Crippen molar-refractivity contribution in [2.24, 2.45) is 0 Å². The number of anilines is 1. The van der Waals surface area contributed by atoms with Crippen LogP contribution in [0, 0.1) is 0 Å². The summed E-state index contributed by atoms with van der Waals surface area (Å²) in [4.78, 5) is 15.8. The van der Waals surface area contributed by atoms with Gasteiger partial charge in [-0.15, -0.1) is 0 Å². The van der Waals surface area contributed by atoms with E-state index in [0.717, 1.165) is 11.3 Å². The first-order valence-corrected chi connectivity index (χ1v) is 6.68. The van der Waals surface area contributed by atoms with Gasteiger partial charge in [0, 0.05) is 11.9 Å². The highest BCUT2D eigenvalue weighted by atomic mass is 35.5. The molecule has 2 aromatic rings. The Hall–Kier alpha value is -2.07. The zero-order valence-corrected chi connectivity index (χ0v) is 11.9. The molecule has 1 aromatic heterocycles. The lowest BCUT2D eigenvalue weighted by molar-refractivity contribution is -0.115. The van der Waals surface area contributed by atoms with Crippen LogP contribution in [0.4, 0.5) is 5.69 Å². The molecule has 1 N–H and O–H groups in total. The molecule has 0 aliphatic heterocycles. The number of halogens is 1. The minimum atomic E-state index is -0.101. The molecule has 2 rings (SSSR count). The zero-order valence-electron chi connectivity index (χ0n) is 11.1. The number of hydrogen-bond acceptors (Lipinski definition) is 3. The van der Waals surface area contributed by atoms with E-state index in [1.54, 1.807) is 18.3 Å². The highest BCUT2D eigenvalue weighted by molar-refractivity contribution is 6.29. The largest absolute Gasteiger partial charge is 0.494 e. The summed E-state index contributed by atoms with van der Waals surface area (Å²) in [6.45, 7) is 2.56. The second kappa shape index (κ2) is 6.91. The van der Waals surface area contributed by atoms with Crippen LogP contribution in [-0.2, 0) is 11.2 Å². The Morgan fingerprint density at radius 1 is 1.30 bits per heavy atom. The first-order chi connectivity index (χ1) is 9.67. The molecular weight excluding hydrogens is 276 g/mol. The van der Waals surface area contributed by atoms with Crippen molar-refractivity contribution in [1.29, 1.82) is 0 Å². The number of nitrogens with zero attached hydrogens (tertiary/aromatic N) is 1. The van der Waals surface area contributed by atoms with Crippen LogP contribution in [0.1, 0.15) is 12.5 Å². The number of aromatic nitrogens is 1. The van der Waals surface area contributed by atoms with Crippen molar-refractivity contribution >= 4 is 23.2 Å². The third kappa shape index (κ3) is 4.24. The van der Waals surface area contributed by atoms with E-state index in [2.05, 4.69) is 10.3 Å². The SMILES string of the molecule is CCOc1ccc(CC(=O)Nc2ccnc(Cl)c2)cc1. The molecular formula is C15H15ClN2O2. The summed E-state index contributed by atoms with van der Waals surface area (Å²) in [5, 5.41) is 3.13. The van der Waals surface area contributed by atoms with Crippen LogP contribution in [0.3, 0.4) is 0 Å². The van der Waals surface area contributed by atoms with Gasteiger partial charge in [-0.25, -0.2) is 4.98 Å². The van der Waals surface area contributed by atoms with Gasteiger partial charge in [0.15, 0.2) is 0 Å². The van der Waals surface area contributed by atoms with Crippen molar-refractivity contribution in [3.63, 3.8) is 0 Å². The van der Waals surface area contributed by atoms with Crippen molar-refractivity contribution in [3.8, 4) is 5.75 Å². The number of rotatable bonds is 5. The van der Waals surface area contributed by atoms with Crippen LogP contribution in [0.2, 0.25) is 5.15 Å². The maximum atomic E-state index is 11.9. The van der Waals surface area contributed by atoms with Gasteiger partial charge >= 0.3 is 0 Å². The lowest BCUT2D eigenvalue weighted by Crippen LogP contribution is -2.14. The summed E-state index contributed by atoms with van der Waals surface area (Å²) in [6, 6.07) is 10.8. The van der Waals surface area contributed by atoms with Crippen LogP contribution in [0.25, 0.3) is 0 Å². The van der Waals surface area contributed by atoms with Crippen molar-refractivity contribution in [2.45, 2.75) is 13.3 Å². The number of benzene rings is 1. The average Bonchev–Trinajstić information content (AvgIpc) is 2.41. The Labute approximate surface area is 122 Å². The standard InChI is InChI=1S/C15H15ClN2O2/c1-2-20-13-5-3-11(4-6-13)9-15(19)18-12-7-8-17-14(16)10-12/h3-8,10H,2,9H2,1H3,(H,17,18,19). The summed E-state index contributed by atoms with van der Waals surface area (Å²) < 4.78 is 5.35. The Bertz CT molecular complexity index is 585. The third-order valence-corrected chi connectivity index (χ3v) is 2.82. The summed E-state index contributed by atoms with van der Waals surface area (Å²) in [5.74, 6) is 0.703. The maximum absolute atomic E-state index is 11.9. The van der Waals surface area contributed by atoms with E-state index in [1.807, 2.05) is 31.2 Å². The van der Waals surface area contributed by atoms with Gasteiger partial charge in [0.25, 0.3) is 0 Å². The van der Waals surface area contributed by atoms with Crippen LogP contribution >= 0.6 is 11.6 Å². The molecule has 104 valence electrons. The summed E-state index contributed by atoms with van der Waals surface area (Å²) in [5.41, 5.74) is 1.56. The Morgan fingerprint density at radius 3 is 2.70 bits per heavy atom. The fourth-order valence-electron chi connectivity index (χ4n) is 1.74. The van der Waals surface area contributed by atoms with Crippen LogP contribution < -0.4 is 10.1 Å². The first-order valence-electron chi connectivity index (χ1n) is 6.30. The summed E-state index contributed by atoms with van der Waals surface area (Å²) >= 11 is 5.76. The minimum Gasteiger partial charge on any atom is -0.494 e. The Morgan fingerprint density at radius 2 is 2.05 bits per heavy atom. The molecule has 0 saturated heterocycles. The molecule has 0 atom stereocenters. The molecule has 1 amide bonds. The number of carbonyl (C=O) groups excluding carboxylic acids is 1. The molecule has 0 unspecified atom stereocenters. The van der Waals surface area contributed by atoms with Gasteiger partial charge in [-0.3, -0.25) is 4.79 Å². The van der Waals surface area contributed by atoms with Crippen molar-refractivity contribution in [1.82, 2.24) is 4.98 Å². The van der Waals surface area contributed by atoms with Gasteiger partial charge in [0.1, 0.15) is 10.9 Å². The smallest absolute Gasteiger partial charge is 0.228 e. The first kappa shape index (κ1) is 14.3. The molecule has 4 nitrogen and oxygen atoms in total. The van der Waals surface area contributed by atoms with Gasteiger partial charge in [0.2, 0.25) is 5.91 Å². The normalized spacial score (nSPS) is 10.1. The Balaban J connectivity index is 1.94. The number of hydrogen-bond donors (Lipinski definition) is 1. The molecule has 0 fully saturated rings. The van der Waals surface area contributed by atoms with E-state index >= 15 is 0 Å². The van der Waals surface area contributed by atoms with Crippen molar-refractivity contribution in [3.05, 3.63) is 53.3 Å². The second-order valence-corrected chi connectivity index (χ2v) is 4.56. The summed E-state index contributed by atoms with van der Waals surface area (Å²) in [7, 11) is 0. The number of amides is 1. The van der Waals surface area contributed by atoms with Crippen LogP contribution in [-0.4, -0.2) is 17.5 Å². The monoisotopic (exact) mass is 290 g/mol. The molecule has 0 radical (unpaired) electrons. The molecule has 1 heterocycles. The highest BCUT2D eigenvalue weighted by Gasteiger charge is 2.05. The van der Waals surface area contributed by atoms with Crippen LogP contribution in [0.5, 0.6) is 5.75 Å². The molecule has 20 heavy (non-hydrogen) atoms. The van der Waals surface area contributed by atoms with E-state index in [9.17, 15) is 4.79 Å². The predicted octanol–water partition coefficient (Wildman–Crippen LogP) is 3.31. The quantitative estimate of drug-likeness (QED) is 0.860. The van der Waals surface area contributed by atoms with Crippen molar-refractivity contribution in [2.75, 3.05) is 11.9 Å². The lowest BCUT2D eigenvalue weighted by atomic mass is 10.1. The van der Waals surface area contributed by atoms with Crippen LogP contribution in [0.15, 0.2) is 42.6 Å². The van der Waals surface area contributed by atoms with E-state index in [1.165, 1.54) is 0 Å². The lowest BCUT2D eigenvalue weighted by Gasteiger charge is -2.06. The van der Waals surface area contributed by atoms with Gasteiger partial charge < -0.3 is 10.1 Å². The molecule has 1 aromatic carbocycles. The molecule has 0 saturated carbocycles. The zero-order chi connectivity index (χ0) is 14.4. The fourth-order valence-corrected chi connectivity index (χ4v) is 1.91. The molecule has 0 bridgehead atoms. The maximum Gasteiger partial charge on any atom is 0.228 e. The number of ether oxygens (including phenoxy) is 1. The summed E-state index contributed by atoms with van der Waals surface area (Å²) in [6.07, 6.45) is 1.85. The van der Waals surface area contributed by atoms with Crippen molar-refractivity contribution < 1.29 is 9.53 Å². The topological polar surface area (TPSA) is 51.2 Å². The van der Waals surface area contributed by atoms with E-state index in [-0.39, 0.29) is 5.91 Å². The molecule has 0 spiro atoms. The van der Waals surface area contributed by atoms with Gasteiger partial charge in [-0.2, -0.15) is 0 Å². The van der Waals surface area contributed by atoms with E-state index in [0.29, 0.717) is 23.9 Å². The fraction of sp³-hybridized carbons (Fsp3) is 0.200. The van der Waals surface area contributed by atoms with Gasteiger partial charge in [0.05, 0.1) is 13.0 Å². The molecule has 0 aliphatic rings. The second-order valence-electron chi connectivity index (χ2n) is 4.17. The third-order valence-electron chi connectivity index (χ3n) is 2.61. The molecule has 0 aliphatic carbocycles.